The number of fused-ring (bicyclic) bond motifs is 1. The number of likely N-dealkylation sites (tertiary alicyclic amines) is 1. The van der Waals surface area contributed by atoms with E-state index >= 15 is 0 Å². The topological polar surface area (TPSA) is 79.6 Å². The quantitative estimate of drug-likeness (QED) is 0.520. The second kappa shape index (κ2) is 10.5. The maximum absolute atomic E-state index is 12.3. The molecule has 3 aromatic rings. The number of imidazole rings is 1. The summed E-state index contributed by atoms with van der Waals surface area (Å²) in [7, 11) is 0. The van der Waals surface area contributed by atoms with Crippen LogP contribution in [0.3, 0.4) is 0 Å². The summed E-state index contributed by atoms with van der Waals surface area (Å²) in [5.41, 5.74) is 1.76. The zero-order valence-electron chi connectivity index (χ0n) is 17.6. The molecule has 1 atom stereocenters. The van der Waals surface area contributed by atoms with Crippen LogP contribution in [0.1, 0.15) is 12.8 Å². The van der Waals surface area contributed by atoms with Crippen molar-refractivity contribution in [1.29, 1.82) is 0 Å². The van der Waals surface area contributed by atoms with Gasteiger partial charge in [-0.2, -0.15) is 0 Å². The summed E-state index contributed by atoms with van der Waals surface area (Å²) >= 11 is 12.0. The Morgan fingerprint density at radius 1 is 1.19 bits per heavy atom. The number of nitrogens with one attached hydrogen (secondary N) is 1. The van der Waals surface area contributed by atoms with Crippen molar-refractivity contribution in [3.63, 3.8) is 0 Å². The molecular weight excluding hydrogens is 451 g/mol. The molecule has 1 amide bonds. The maximum atomic E-state index is 12.3. The highest BCUT2D eigenvalue weighted by Gasteiger charge is 2.22. The van der Waals surface area contributed by atoms with Crippen molar-refractivity contribution >= 4 is 40.1 Å². The molecule has 0 spiro atoms. The van der Waals surface area contributed by atoms with E-state index in [0.717, 1.165) is 37.0 Å². The van der Waals surface area contributed by atoms with Crippen molar-refractivity contribution in [2.45, 2.75) is 31.6 Å². The van der Waals surface area contributed by atoms with Gasteiger partial charge in [0.05, 0.1) is 33.5 Å². The van der Waals surface area contributed by atoms with E-state index in [1.165, 1.54) is 0 Å². The van der Waals surface area contributed by atoms with E-state index in [2.05, 4.69) is 15.2 Å². The van der Waals surface area contributed by atoms with Crippen LogP contribution in [0, 0.1) is 0 Å². The van der Waals surface area contributed by atoms with Crippen LogP contribution in [0.5, 0.6) is 5.75 Å². The number of hydrogen-bond donors (Lipinski definition) is 2. The van der Waals surface area contributed by atoms with Gasteiger partial charge in [0.1, 0.15) is 18.4 Å². The first-order valence-corrected chi connectivity index (χ1v) is 11.4. The number of amides is 1. The number of aliphatic hydroxyl groups is 1. The van der Waals surface area contributed by atoms with Gasteiger partial charge in [0.15, 0.2) is 0 Å². The molecule has 1 aromatic heterocycles. The van der Waals surface area contributed by atoms with Crippen LogP contribution >= 0.6 is 23.2 Å². The lowest BCUT2D eigenvalue weighted by Gasteiger charge is -2.33. The molecule has 1 saturated heterocycles. The normalized spacial score (nSPS) is 16.2. The van der Waals surface area contributed by atoms with E-state index in [0.29, 0.717) is 22.3 Å². The number of para-hydroxylation sites is 2. The van der Waals surface area contributed by atoms with Gasteiger partial charge in [0, 0.05) is 32.2 Å². The zero-order valence-corrected chi connectivity index (χ0v) is 19.1. The second-order valence-corrected chi connectivity index (χ2v) is 8.83. The second-order valence-electron chi connectivity index (χ2n) is 8.01. The lowest BCUT2D eigenvalue weighted by atomic mass is 10.1. The minimum Gasteiger partial charge on any atom is -0.490 e. The van der Waals surface area contributed by atoms with Crippen LogP contribution in [-0.2, 0) is 11.3 Å². The van der Waals surface area contributed by atoms with E-state index in [1.807, 2.05) is 30.3 Å². The molecule has 9 heteroatoms. The molecular formula is C23H26Cl2N4O3. The fourth-order valence-electron chi connectivity index (χ4n) is 3.89. The molecule has 1 aliphatic heterocycles. The fourth-order valence-corrected chi connectivity index (χ4v) is 4.18. The summed E-state index contributed by atoms with van der Waals surface area (Å²) in [6, 6.07) is 13.0. The maximum Gasteiger partial charge on any atom is 0.240 e. The average molecular weight is 477 g/mol. The minimum atomic E-state index is -0.633. The SMILES string of the molecule is O=C(Cn1cnc2ccccc21)NC[C@@H](O)CN1CCC(Oc2ccc(Cl)c(Cl)c2)CC1. The van der Waals surface area contributed by atoms with Gasteiger partial charge < -0.3 is 24.6 Å². The van der Waals surface area contributed by atoms with Crippen molar-refractivity contribution < 1.29 is 14.6 Å². The van der Waals surface area contributed by atoms with E-state index in [4.69, 9.17) is 27.9 Å². The molecule has 0 saturated carbocycles. The molecule has 0 unspecified atom stereocenters. The van der Waals surface area contributed by atoms with Gasteiger partial charge in [-0.05, 0) is 37.1 Å². The van der Waals surface area contributed by atoms with Gasteiger partial charge in [0.25, 0.3) is 0 Å². The first-order valence-electron chi connectivity index (χ1n) is 10.7. The number of piperidine rings is 1. The molecule has 2 heterocycles. The lowest BCUT2D eigenvalue weighted by molar-refractivity contribution is -0.122. The summed E-state index contributed by atoms with van der Waals surface area (Å²) in [4.78, 5) is 18.8. The van der Waals surface area contributed by atoms with Crippen molar-refractivity contribution in [2.75, 3.05) is 26.2 Å². The smallest absolute Gasteiger partial charge is 0.240 e. The molecule has 2 N–H and O–H groups in total. The van der Waals surface area contributed by atoms with E-state index < -0.39 is 6.10 Å². The van der Waals surface area contributed by atoms with Crippen LogP contribution in [0.4, 0.5) is 0 Å². The van der Waals surface area contributed by atoms with Gasteiger partial charge in [0.2, 0.25) is 5.91 Å². The van der Waals surface area contributed by atoms with Crippen LogP contribution < -0.4 is 10.1 Å². The fraction of sp³-hybridized carbons (Fsp3) is 0.391. The van der Waals surface area contributed by atoms with E-state index in [-0.39, 0.29) is 25.1 Å². The number of carbonyl (C=O) groups excluding carboxylic acids is 1. The number of ether oxygens (including phenoxy) is 1. The third-order valence-electron chi connectivity index (χ3n) is 5.57. The zero-order chi connectivity index (χ0) is 22.5. The summed E-state index contributed by atoms with van der Waals surface area (Å²) in [5, 5.41) is 14.2. The van der Waals surface area contributed by atoms with Crippen LogP contribution in [0.15, 0.2) is 48.8 Å². The third kappa shape index (κ3) is 5.92. The molecule has 4 rings (SSSR count). The van der Waals surface area contributed by atoms with Gasteiger partial charge >= 0.3 is 0 Å². The largest absolute Gasteiger partial charge is 0.490 e. The van der Waals surface area contributed by atoms with Crippen LogP contribution in [0.25, 0.3) is 11.0 Å². The molecule has 32 heavy (non-hydrogen) atoms. The highest BCUT2D eigenvalue weighted by molar-refractivity contribution is 6.42. The Bertz CT molecular complexity index is 1070. The summed E-state index contributed by atoms with van der Waals surface area (Å²) < 4.78 is 7.81. The Hall–Kier alpha value is -2.32. The molecule has 2 aromatic carbocycles. The standard InChI is InChI=1S/C23H26Cl2N4O3/c24-19-6-5-18(11-20(19)25)32-17-7-9-28(10-8-17)13-16(30)12-26-23(31)14-29-15-27-21-3-1-2-4-22(21)29/h1-6,11,15-17,30H,7-10,12-14H2,(H,26,31)/t16-/m1/s1. The first-order chi connectivity index (χ1) is 15.5. The monoisotopic (exact) mass is 476 g/mol. The van der Waals surface area contributed by atoms with Crippen LogP contribution in [-0.4, -0.2) is 63.9 Å². The number of carbonyl (C=O) groups is 1. The number of hydrogen-bond acceptors (Lipinski definition) is 5. The lowest BCUT2D eigenvalue weighted by Crippen LogP contribution is -2.45. The van der Waals surface area contributed by atoms with Gasteiger partial charge in [-0.25, -0.2) is 4.98 Å². The molecule has 0 aliphatic carbocycles. The third-order valence-corrected chi connectivity index (χ3v) is 6.31. The van der Waals surface area contributed by atoms with Gasteiger partial charge in [-0.1, -0.05) is 35.3 Å². The number of aliphatic hydroxyl groups excluding tert-OH is 1. The van der Waals surface area contributed by atoms with Gasteiger partial charge in [-0.15, -0.1) is 0 Å². The van der Waals surface area contributed by atoms with Crippen molar-refractivity contribution in [2.24, 2.45) is 0 Å². The molecule has 1 aliphatic rings. The van der Waals surface area contributed by atoms with Crippen molar-refractivity contribution in [3.05, 3.63) is 58.8 Å². The Balaban J connectivity index is 1.17. The number of rotatable bonds is 8. The Morgan fingerprint density at radius 3 is 2.75 bits per heavy atom. The van der Waals surface area contributed by atoms with E-state index in [9.17, 15) is 9.90 Å². The number of β-amino-alcohol motifs (C(OH)–C–C–N with tert-alkyl or cyclic N) is 1. The molecule has 7 nitrogen and oxygen atoms in total. The summed E-state index contributed by atoms with van der Waals surface area (Å²) in [6.07, 6.45) is 2.83. The molecule has 170 valence electrons. The summed E-state index contributed by atoms with van der Waals surface area (Å²) in [5.74, 6) is 0.562. The Kier molecular flexibility index (Phi) is 7.52. The minimum absolute atomic E-state index is 0.102. The Morgan fingerprint density at radius 2 is 1.97 bits per heavy atom. The number of aromatic nitrogens is 2. The Labute approximate surface area is 196 Å². The first kappa shape index (κ1) is 22.9. The average Bonchev–Trinajstić information content (AvgIpc) is 3.19. The number of halogens is 2. The molecule has 1 fully saturated rings. The van der Waals surface area contributed by atoms with E-state index in [1.54, 1.807) is 23.0 Å². The molecule has 0 bridgehead atoms. The van der Waals surface area contributed by atoms with Crippen molar-refractivity contribution in [3.8, 4) is 5.75 Å². The van der Waals surface area contributed by atoms with Gasteiger partial charge in [-0.3, -0.25) is 4.79 Å². The van der Waals surface area contributed by atoms with Crippen LogP contribution in [0.2, 0.25) is 10.0 Å². The highest BCUT2D eigenvalue weighted by atomic mass is 35.5. The highest BCUT2D eigenvalue weighted by Crippen LogP contribution is 2.28. The summed E-state index contributed by atoms with van der Waals surface area (Å²) in [6.45, 7) is 2.53. The number of benzene rings is 2. The molecule has 0 radical (unpaired) electrons. The van der Waals surface area contributed by atoms with Crippen molar-refractivity contribution in [1.82, 2.24) is 19.8 Å². The predicted octanol–water partition coefficient (Wildman–Crippen LogP) is 3.36. The predicted molar refractivity (Wildman–Crippen MR) is 125 cm³/mol. The number of nitrogens with zero attached hydrogens (tertiary/aromatic N) is 3.